The van der Waals surface area contributed by atoms with Gasteiger partial charge in [-0.15, -0.1) is 11.8 Å². The smallest absolute Gasteiger partial charge is 0.251 e. The summed E-state index contributed by atoms with van der Waals surface area (Å²) >= 11 is 13.8. The van der Waals surface area contributed by atoms with Gasteiger partial charge >= 0.3 is 0 Å². The Labute approximate surface area is 185 Å². The first kappa shape index (κ1) is 21.6. The third-order valence-corrected chi connectivity index (χ3v) is 6.06. The number of rotatable bonds is 7. The molecule has 0 aromatic heterocycles. The van der Waals surface area contributed by atoms with Gasteiger partial charge in [0.25, 0.3) is 5.91 Å². The summed E-state index contributed by atoms with van der Waals surface area (Å²) in [4.78, 5) is 13.8. The Bertz CT molecular complexity index is 1010. The van der Waals surface area contributed by atoms with E-state index >= 15 is 0 Å². The van der Waals surface area contributed by atoms with Gasteiger partial charge in [-0.25, -0.2) is 0 Å². The number of aryl methyl sites for hydroxylation is 1. The Hall–Kier alpha value is -2.14. The van der Waals surface area contributed by atoms with Crippen molar-refractivity contribution in [3.63, 3.8) is 0 Å². The zero-order valence-electron chi connectivity index (χ0n) is 16.2. The van der Waals surface area contributed by atoms with Crippen LogP contribution >= 0.6 is 35.0 Å². The van der Waals surface area contributed by atoms with Crippen LogP contribution < -0.4 is 10.1 Å². The van der Waals surface area contributed by atoms with Gasteiger partial charge in [0.2, 0.25) is 0 Å². The summed E-state index contributed by atoms with van der Waals surface area (Å²) in [5, 5.41) is 4.00. The van der Waals surface area contributed by atoms with Crippen molar-refractivity contribution in [2.24, 2.45) is 0 Å². The number of nitrogens with one attached hydrogen (secondary N) is 1. The van der Waals surface area contributed by atoms with Crippen molar-refractivity contribution >= 4 is 40.9 Å². The van der Waals surface area contributed by atoms with Crippen LogP contribution in [0, 0.1) is 6.92 Å². The first-order chi connectivity index (χ1) is 14.0. The number of carbonyl (C=O) groups excluding carboxylic acids is 1. The van der Waals surface area contributed by atoms with E-state index in [9.17, 15) is 4.79 Å². The fraction of sp³-hybridized carbons (Fsp3) is 0.174. The molecule has 0 spiro atoms. The molecule has 0 heterocycles. The van der Waals surface area contributed by atoms with E-state index in [-0.39, 0.29) is 5.91 Å². The van der Waals surface area contributed by atoms with Gasteiger partial charge in [-0.3, -0.25) is 4.79 Å². The topological polar surface area (TPSA) is 38.3 Å². The van der Waals surface area contributed by atoms with Crippen molar-refractivity contribution in [3.8, 4) is 5.75 Å². The van der Waals surface area contributed by atoms with E-state index in [4.69, 9.17) is 27.9 Å². The highest BCUT2D eigenvalue weighted by molar-refractivity contribution is 7.98. The van der Waals surface area contributed by atoms with Crippen molar-refractivity contribution in [1.82, 2.24) is 5.32 Å². The van der Waals surface area contributed by atoms with Crippen LogP contribution in [-0.4, -0.2) is 13.0 Å². The van der Waals surface area contributed by atoms with Gasteiger partial charge in [-0.1, -0.05) is 47.0 Å². The molecule has 0 saturated heterocycles. The maximum absolute atomic E-state index is 12.6. The molecule has 0 aliphatic rings. The summed E-state index contributed by atoms with van der Waals surface area (Å²) in [5.41, 5.74) is 3.59. The van der Waals surface area contributed by atoms with Gasteiger partial charge in [0, 0.05) is 38.4 Å². The Balaban J connectivity index is 1.69. The minimum absolute atomic E-state index is 0.166. The number of benzene rings is 3. The van der Waals surface area contributed by atoms with Gasteiger partial charge in [-0.05, 0) is 55.0 Å². The Kier molecular flexibility index (Phi) is 7.48. The van der Waals surface area contributed by atoms with Gasteiger partial charge in [0.1, 0.15) is 5.75 Å². The fourth-order valence-corrected chi connectivity index (χ4v) is 4.12. The Morgan fingerprint density at radius 3 is 2.45 bits per heavy atom. The molecule has 1 N–H and O–H groups in total. The van der Waals surface area contributed by atoms with Crippen molar-refractivity contribution in [2.75, 3.05) is 7.11 Å². The zero-order valence-corrected chi connectivity index (χ0v) is 18.5. The summed E-state index contributed by atoms with van der Waals surface area (Å²) in [7, 11) is 1.64. The largest absolute Gasteiger partial charge is 0.496 e. The number of carbonyl (C=O) groups is 1. The predicted molar refractivity (Wildman–Crippen MR) is 121 cm³/mol. The van der Waals surface area contributed by atoms with Gasteiger partial charge in [0.05, 0.1) is 7.11 Å². The second kappa shape index (κ2) is 10.1. The van der Waals surface area contributed by atoms with E-state index in [1.165, 1.54) is 10.5 Å². The van der Waals surface area contributed by atoms with Crippen molar-refractivity contribution in [3.05, 3.63) is 93.0 Å². The molecule has 0 aliphatic heterocycles. The van der Waals surface area contributed by atoms with Crippen LogP contribution in [0.4, 0.5) is 0 Å². The van der Waals surface area contributed by atoms with Gasteiger partial charge in [0.15, 0.2) is 0 Å². The number of hydrogen-bond acceptors (Lipinski definition) is 3. The molecule has 0 unspecified atom stereocenters. The monoisotopic (exact) mass is 445 g/mol. The second-order valence-corrected chi connectivity index (χ2v) is 8.44. The number of thioether (sulfide) groups is 1. The highest BCUT2D eigenvalue weighted by Crippen LogP contribution is 2.29. The van der Waals surface area contributed by atoms with Gasteiger partial charge in [-0.2, -0.15) is 0 Å². The van der Waals surface area contributed by atoms with E-state index in [0.717, 1.165) is 16.9 Å². The molecule has 0 atom stereocenters. The number of hydrogen-bond donors (Lipinski definition) is 1. The van der Waals surface area contributed by atoms with Crippen LogP contribution in [0.2, 0.25) is 10.0 Å². The minimum atomic E-state index is -0.166. The van der Waals surface area contributed by atoms with Crippen molar-refractivity contribution in [2.45, 2.75) is 24.1 Å². The molecule has 3 rings (SSSR count). The highest BCUT2D eigenvalue weighted by atomic mass is 35.5. The van der Waals surface area contributed by atoms with Crippen LogP contribution in [0.25, 0.3) is 0 Å². The summed E-state index contributed by atoms with van der Waals surface area (Å²) in [6.07, 6.45) is 0. The lowest BCUT2D eigenvalue weighted by molar-refractivity contribution is 0.0951. The first-order valence-electron chi connectivity index (χ1n) is 9.05. The van der Waals surface area contributed by atoms with E-state index < -0.39 is 0 Å². The van der Waals surface area contributed by atoms with E-state index in [2.05, 4.69) is 36.5 Å². The zero-order chi connectivity index (χ0) is 20.8. The molecule has 6 heteroatoms. The maximum atomic E-state index is 12.6. The molecular weight excluding hydrogens is 425 g/mol. The second-order valence-electron chi connectivity index (χ2n) is 6.55. The molecule has 3 nitrogen and oxygen atoms in total. The van der Waals surface area contributed by atoms with Crippen LogP contribution in [0.5, 0.6) is 5.75 Å². The number of methoxy groups -OCH3 is 1. The normalized spacial score (nSPS) is 10.6. The lowest BCUT2D eigenvalue weighted by atomic mass is 10.1. The van der Waals surface area contributed by atoms with Crippen LogP contribution in [-0.2, 0) is 12.3 Å². The minimum Gasteiger partial charge on any atom is -0.496 e. The standard InChI is InChI=1S/C23H21Cl2NO2S/c1-15-3-8-20(9-4-15)29-14-18-11-16(6-10-22(18)28-2)23(27)26-13-17-5-7-19(24)12-21(17)25/h3-12H,13-14H2,1-2H3,(H,26,27). The number of ether oxygens (including phenoxy) is 1. The molecule has 3 aromatic carbocycles. The first-order valence-corrected chi connectivity index (χ1v) is 10.8. The SMILES string of the molecule is COc1ccc(C(=O)NCc2ccc(Cl)cc2Cl)cc1CSc1ccc(C)cc1. The lowest BCUT2D eigenvalue weighted by Gasteiger charge is -2.12. The van der Waals surface area contributed by atoms with E-state index in [0.29, 0.717) is 27.9 Å². The third-order valence-electron chi connectivity index (χ3n) is 4.41. The molecule has 0 bridgehead atoms. The molecule has 0 saturated carbocycles. The number of halogens is 2. The maximum Gasteiger partial charge on any atom is 0.251 e. The lowest BCUT2D eigenvalue weighted by Crippen LogP contribution is -2.23. The predicted octanol–water partition coefficient (Wildman–Crippen LogP) is 6.53. The molecule has 0 radical (unpaired) electrons. The fourth-order valence-electron chi connectivity index (χ4n) is 2.77. The average Bonchev–Trinajstić information content (AvgIpc) is 2.72. The number of amides is 1. The summed E-state index contributed by atoms with van der Waals surface area (Å²) in [6.45, 7) is 2.39. The molecular formula is C23H21Cl2NO2S. The molecule has 0 fully saturated rings. The molecule has 29 heavy (non-hydrogen) atoms. The molecule has 150 valence electrons. The van der Waals surface area contributed by atoms with Crippen LogP contribution in [0.3, 0.4) is 0 Å². The van der Waals surface area contributed by atoms with E-state index in [1.54, 1.807) is 37.1 Å². The van der Waals surface area contributed by atoms with Gasteiger partial charge < -0.3 is 10.1 Å². The quantitative estimate of drug-likeness (QED) is 0.419. The Morgan fingerprint density at radius 2 is 1.76 bits per heavy atom. The summed E-state index contributed by atoms with van der Waals surface area (Å²) < 4.78 is 5.47. The summed E-state index contributed by atoms with van der Waals surface area (Å²) in [5.74, 6) is 1.30. The Morgan fingerprint density at radius 1 is 1.00 bits per heavy atom. The molecule has 3 aromatic rings. The van der Waals surface area contributed by atoms with Crippen LogP contribution in [0.15, 0.2) is 65.6 Å². The molecule has 0 aliphatic carbocycles. The average molecular weight is 446 g/mol. The van der Waals surface area contributed by atoms with E-state index in [1.807, 2.05) is 18.2 Å². The molecule has 1 amide bonds. The van der Waals surface area contributed by atoms with Crippen molar-refractivity contribution < 1.29 is 9.53 Å². The van der Waals surface area contributed by atoms with Crippen LogP contribution in [0.1, 0.15) is 27.0 Å². The van der Waals surface area contributed by atoms with Crippen molar-refractivity contribution in [1.29, 1.82) is 0 Å². The summed E-state index contributed by atoms with van der Waals surface area (Å²) in [6, 6.07) is 19.1. The third kappa shape index (κ3) is 5.92. The highest BCUT2D eigenvalue weighted by Gasteiger charge is 2.12.